The van der Waals surface area contributed by atoms with E-state index in [-0.39, 0.29) is 16.8 Å². The third-order valence-electron chi connectivity index (χ3n) is 4.17. The Morgan fingerprint density at radius 2 is 1.44 bits per heavy atom. The minimum absolute atomic E-state index is 0.282. The molecule has 2 N–H and O–H groups in total. The average molecular weight is 245 g/mol. The van der Waals surface area contributed by atoms with Crippen LogP contribution in [0.3, 0.4) is 0 Å². The Hall–Kier alpha value is 0.0569. The van der Waals surface area contributed by atoms with Crippen LogP contribution in [0.25, 0.3) is 0 Å². The first-order valence-corrected chi connectivity index (χ1v) is 7.92. The summed E-state index contributed by atoms with van der Waals surface area (Å²) >= 11 is 0. The van der Waals surface area contributed by atoms with Gasteiger partial charge in [-0.3, -0.25) is 0 Å². The van der Waals surface area contributed by atoms with E-state index < -0.39 is 8.80 Å². The Labute approximate surface area is 98.8 Å². The summed E-state index contributed by atoms with van der Waals surface area (Å²) in [4.78, 5) is 0. The molecule has 0 unspecified atom stereocenters. The lowest BCUT2D eigenvalue weighted by atomic mass is 9.76. The van der Waals surface area contributed by atoms with Crippen LogP contribution in [0.5, 0.6) is 0 Å². The van der Waals surface area contributed by atoms with Crippen molar-refractivity contribution in [2.45, 2.75) is 63.9 Å². The van der Waals surface area contributed by atoms with E-state index in [0.29, 0.717) is 6.54 Å². The zero-order chi connectivity index (χ0) is 12.2. The van der Waals surface area contributed by atoms with E-state index in [1.165, 1.54) is 0 Å². The van der Waals surface area contributed by atoms with Gasteiger partial charge >= 0.3 is 8.80 Å². The van der Waals surface area contributed by atoms with E-state index in [9.17, 15) is 0 Å². The molecule has 2 aliphatic heterocycles. The number of nitrogens with two attached hydrogens (primary N) is 1. The van der Waals surface area contributed by atoms with Gasteiger partial charge in [0.05, 0.1) is 11.2 Å². The van der Waals surface area contributed by atoms with E-state index in [1.54, 1.807) is 0 Å². The molecule has 0 aliphatic carbocycles. The molecular formula is C11H23NO3Si. The van der Waals surface area contributed by atoms with Crippen molar-refractivity contribution in [3.05, 3.63) is 0 Å². The fourth-order valence-electron chi connectivity index (χ4n) is 2.79. The van der Waals surface area contributed by atoms with Crippen molar-refractivity contribution in [2.75, 3.05) is 6.54 Å². The first kappa shape index (κ1) is 12.5. The molecule has 0 spiro atoms. The fraction of sp³-hybridized carbons (Fsp3) is 1.00. The van der Waals surface area contributed by atoms with Crippen LogP contribution in [0.2, 0.25) is 6.04 Å². The van der Waals surface area contributed by atoms with E-state index in [4.69, 9.17) is 19.0 Å². The molecule has 0 amide bonds. The summed E-state index contributed by atoms with van der Waals surface area (Å²) < 4.78 is 18.4. The first-order chi connectivity index (χ1) is 7.18. The van der Waals surface area contributed by atoms with Gasteiger partial charge in [0.1, 0.15) is 5.60 Å². The van der Waals surface area contributed by atoms with Crippen molar-refractivity contribution in [3.63, 3.8) is 0 Å². The van der Waals surface area contributed by atoms with Gasteiger partial charge in [-0.15, -0.1) is 0 Å². The van der Waals surface area contributed by atoms with Crippen molar-refractivity contribution in [2.24, 2.45) is 5.73 Å². The molecule has 0 aromatic carbocycles. The lowest BCUT2D eigenvalue weighted by Crippen LogP contribution is -2.62. The van der Waals surface area contributed by atoms with Gasteiger partial charge in [0.15, 0.2) is 0 Å². The number of fused-ring (bicyclic) bond motifs is 2. The Morgan fingerprint density at radius 3 is 1.81 bits per heavy atom. The summed E-state index contributed by atoms with van der Waals surface area (Å²) in [5.41, 5.74) is 4.63. The minimum atomic E-state index is -2.48. The second-order valence-corrected chi connectivity index (χ2v) is 8.41. The molecule has 94 valence electrons. The van der Waals surface area contributed by atoms with Crippen molar-refractivity contribution in [1.29, 1.82) is 0 Å². The predicted molar refractivity (Wildman–Crippen MR) is 64.1 cm³/mol. The largest absolute Gasteiger partial charge is 0.502 e. The second kappa shape index (κ2) is 3.29. The summed E-state index contributed by atoms with van der Waals surface area (Å²) in [7, 11) is -2.48. The quantitative estimate of drug-likeness (QED) is 0.768. The fourth-order valence-corrected chi connectivity index (χ4v) is 6.91. The molecular weight excluding hydrogens is 222 g/mol. The van der Waals surface area contributed by atoms with Crippen LogP contribution in [-0.4, -0.2) is 32.2 Å². The van der Waals surface area contributed by atoms with Crippen LogP contribution >= 0.6 is 0 Å². The Kier molecular flexibility index (Phi) is 2.58. The smallest absolute Gasteiger partial charge is 0.365 e. The average Bonchev–Trinajstić information content (AvgIpc) is 2.42. The molecule has 2 fully saturated rings. The van der Waals surface area contributed by atoms with Crippen LogP contribution in [0.15, 0.2) is 0 Å². The van der Waals surface area contributed by atoms with Crippen LogP contribution in [0, 0.1) is 0 Å². The van der Waals surface area contributed by atoms with Gasteiger partial charge in [-0.2, -0.15) is 0 Å². The van der Waals surface area contributed by atoms with Gasteiger partial charge in [-0.05, 0) is 47.6 Å². The van der Waals surface area contributed by atoms with Gasteiger partial charge in [0.25, 0.3) is 0 Å². The Morgan fingerprint density at radius 1 is 0.938 bits per heavy atom. The molecule has 0 aromatic rings. The molecule has 16 heavy (non-hydrogen) atoms. The molecule has 0 aromatic heterocycles. The number of hydrogen-bond acceptors (Lipinski definition) is 4. The topological polar surface area (TPSA) is 53.7 Å². The normalized spacial score (nSPS) is 43.9. The number of hydrogen-bond donors (Lipinski definition) is 1. The molecule has 0 atom stereocenters. The SMILES string of the molecule is CC1(C)O[Si]2(CCCN)OC(C)(C)C1(C)O2. The third-order valence-corrected chi connectivity index (χ3v) is 7.49. The molecule has 5 heteroatoms. The van der Waals surface area contributed by atoms with Crippen LogP contribution in [-0.2, 0) is 13.3 Å². The van der Waals surface area contributed by atoms with Crippen LogP contribution in [0.1, 0.15) is 41.0 Å². The van der Waals surface area contributed by atoms with Crippen LogP contribution < -0.4 is 5.73 Å². The summed E-state index contributed by atoms with van der Waals surface area (Å²) in [5.74, 6) is 0. The minimum Gasteiger partial charge on any atom is -0.365 e. The zero-order valence-corrected chi connectivity index (χ0v) is 11.9. The predicted octanol–water partition coefficient (Wildman–Crippen LogP) is 1.67. The van der Waals surface area contributed by atoms with Gasteiger partial charge in [-0.25, -0.2) is 0 Å². The molecule has 4 nitrogen and oxygen atoms in total. The van der Waals surface area contributed by atoms with Crippen molar-refractivity contribution >= 4 is 8.80 Å². The highest BCUT2D eigenvalue weighted by Gasteiger charge is 2.75. The highest BCUT2D eigenvalue weighted by molar-refractivity contribution is 6.62. The number of rotatable bonds is 3. The standard InChI is InChI=1S/C11H23NO3Si/c1-9(2)11(5)10(3,4)14-16(13-9,15-11)8-6-7-12/h6-8,12H2,1-5H3. The van der Waals surface area contributed by atoms with E-state index in [2.05, 4.69) is 34.6 Å². The third kappa shape index (κ3) is 1.42. The molecule has 2 heterocycles. The highest BCUT2D eigenvalue weighted by Crippen LogP contribution is 2.57. The Bertz CT molecular complexity index is 286. The monoisotopic (exact) mass is 245 g/mol. The summed E-state index contributed by atoms with van der Waals surface area (Å²) in [6.07, 6.45) is 0.897. The van der Waals surface area contributed by atoms with Crippen molar-refractivity contribution in [1.82, 2.24) is 0 Å². The second-order valence-electron chi connectivity index (χ2n) is 5.94. The van der Waals surface area contributed by atoms with Gasteiger partial charge in [0.2, 0.25) is 0 Å². The molecule has 0 saturated carbocycles. The maximum Gasteiger partial charge on any atom is 0.502 e. The molecule has 0 radical (unpaired) electrons. The summed E-state index contributed by atoms with van der Waals surface area (Å²) in [5, 5.41) is 0. The summed E-state index contributed by atoms with van der Waals surface area (Å²) in [6.45, 7) is 11.1. The van der Waals surface area contributed by atoms with E-state index >= 15 is 0 Å². The highest BCUT2D eigenvalue weighted by atomic mass is 28.4. The molecule has 2 bridgehead atoms. The van der Waals surface area contributed by atoms with Crippen molar-refractivity contribution < 1.29 is 13.3 Å². The first-order valence-electron chi connectivity index (χ1n) is 5.99. The van der Waals surface area contributed by atoms with Crippen LogP contribution in [0.4, 0.5) is 0 Å². The van der Waals surface area contributed by atoms with Crippen molar-refractivity contribution in [3.8, 4) is 0 Å². The van der Waals surface area contributed by atoms with Gasteiger partial charge in [0, 0.05) is 6.04 Å². The summed E-state index contributed by atoms with van der Waals surface area (Å²) in [6, 6.07) is 0.825. The molecule has 2 saturated heterocycles. The van der Waals surface area contributed by atoms with Gasteiger partial charge < -0.3 is 19.0 Å². The zero-order valence-electron chi connectivity index (χ0n) is 10.9. The Balaban J connectivity index is 2.29. The van der Waals surface area contributed by atoms with E-state index in [1.807, 2.05) is 0 Å². The lowest BCUT2D eigenvalue weighted by molar-refractivity contribution is -0.132. The maximum atomic E-state index is 6.22. The lowest BCUT2D eigenvalue weighted by Gasteiger charge is -2.47. The van der Waals surface area contributed by atoms with E-state index in [0.717, 1.165) is 12.5 Å². The molecule has 2 aliphatic rings. The maximum absolute atomic E-state index is 6.22. The van der Waals surface area contributed by atoms with Gasteiger partial charge in [-0.1, -0.05) is 0 Å². The molecule has 2 rings (SSSR count).